The number of hydrogen-bond acceptors (Lipinski definition) is 5. The van der Waals surface area contributed by atoms with Crippen LogP contribution in [0.5, 0.6) is 0 Å². The predicted molar refractivity (Wildman–Crippen MR) is 120 cm³/mol. The van der Waals surface area contributed by atoms with Gasteiger partial charge in [0.05, 0.1) is 11.0 Å². The highest BCUT2D eigenvalue weighted by atomic mass is 35.5. The number of piperazine rings is 1. The maximum Gasteiger partial charge on any atom is 0.113 e. The molecule has 0 radical (unpaired) electrons. The first kappa shape index (κ1) is 18.8. The highest BCUT2D eigenvalue weighted by molar-refractivity contribution is 7.15. The summed E-state index contributed by atoms with van der Waals surface area (Å²) in [7, 11) is 0. The second-order valence-corrected chi connectivity index (χ2v) is 8.90. The van der Waals surface area contributed by atoms with Crippen LogP contribution in [0.15, 0.2) is 48.0 Å². The van der Waals surface area contributed by atoms with E-state index in [9.17, 15) is 0 Å². The number of benzene rings is 1. The molecular formula is C22H22ClN5S. The van der Waals surface area contributed by atoms with Gasteiger partial charge in [-0.2, -0.15) is 0 Å². The number of thiophene rings is 1. The Morgan fingerprint density at radius 1 is 1.10 bits per heavy atom. The van der Waals surface area contributed by atoms with E-state index >= 15 is 0 Å². The average molecular weight is 424 g/mol. The van der Waals surface area contributed by atoms with Crippen molar-refractivity contribution in [1.29, 1.82) is 0 Å². The van der Waals surface area contributed by atoms with Gasteiger partial charge in [0.2, 0.25) is 0 Å². The number of fused-ring (bicyclic) bond motifs is 1. The molecule has 0 spiro atoms. The number of H-pyrrole nitrogens is 1. The molecule has 1 saturated heterocycles. The van der Waals surface area contributed by atoms with E-state index in [1.165, 1.54) is 5.56 Å². The maximum atomic E-state index is 6.30. The van der Waals surface area contributed by atoms with E-state index in [1.54, 1.807) is 11.3 Å². The third kappa shape index (κ3) is 4.21. The molecule has 29 heavy (non-hydrogen) atoms. The van der Waals surface area contributed by atoms with Gasteiger partial charge in [-0.3, -0.25) is 9.88 Å². The number of nitrogens with zero attached hydrogens (tertiary/aromatic N) is 3. The van der Waals surface area contributed by atoms with Crippen LogP contribution < -0.4 is 5.32 Å². The van der Waals surface area contributed by atoms with Crippen molar-refractivity contribution < 1.29 is 0 Å². The van der Waals surface area contributed by atoms with Crippen LogP contribution in [0.25, 0.3) is 22.2 Å². The molecule has 4 heterocycles. The summed E-state index contributed by atoms with van der Waals surface area (Å²) in [5, 5.41) is 5.41. The zero-order valence-corrected chi connectivity index (χ0v) is 17.6. The second kappa shape index (κ2) is 8.24. The van der Waals surface area contributed by atoms with E-state index in [4.69, 9.17) is 16.6 Å². The zero-order valence-electron chi connectivity index (χ0n) is 16.0. The number of nitrogens with one attached hydrogen (secondary N) is 2. The minimum atomic E-state index is 0.693. The summed E-state index contributed by atoms with van der Waals surface area (Å²) in [5.41, 5.74) is 6.51. The maximum absolute atomic E-state index is 6.30. The van der Waals surface area contributed by atoms with Crippen molar-refractivity contribution in [2.75, 3.05) is 26.2 Å². The molecule has 2 N–H and O–H groups in total. The molecule has 4 aromatic rings. The molecule has 0 bridgehead atoms. The SMILES string of the molecule is Clc1sccc1-c1ccc2nc(Cc3cc(CN4CCNCC4)ccn3)[nH]c2c1. The number of rotatable bonds is 5. The quantitative estimate of drug-likeness (QED) is 0.501. The Balaban J connectivity index is 1.35. The minimum absolute atomic E-state index is 0.693. The summed E-state index contributed by atoms with van der Waals surface area (Å²) < 4.78 is 0.814. The number of hydrogen-bond donors (Lipinski definition) is 2. The third-order valence-electron chi connectivity index (χ3n) is 5.31. The number of aromatic amines is 1. The van der Waals surface area contributed by atoms with Gasteiger partial charge in [0, 0.05) is 56.6 Å². The van der Waals surface area contributed by atoms with Gasteiger partial charge >= 0.3 is 0 Å². The monoisotopic (exact) mass is 423 g/mol. The van der Waals surface area contributed by atoms with Crippen LogP contribution in [-0.4, -0.2) is 46.0 Å². The normalized spacial score (nSPS) is 15.2. The van der Waals surface area contributed by atoms with Gasteiger partial charge in [0.1, 0.15) is 10.2 Å². The largest absolute Gasteiger partial charge is 0.342 e. The Kier molecular flexibility index (Phi) is 5.33. The van der Waals surface area contributed by atoms with E-state index in [1.807, 2.05) is 17.6 Å². The minimum Gasteiger partial charge on any atom is -0.342 e. The lowest BCUT2D eigenvalue weighted by molar-refractivity contribution is 0.233. The molecule has 1 fully saturated rings. The van der Waals surface area contributed by atoms with Crippen molar-refractivity contribution in [3.63, 3.8) is 0 Å². The Morgan fingerprint density at radius 3 is 2.83 bits per heavy atom. The van der Waals surface area contributed by atoms with Gasteiger partial charge in [-0.15, -0.1) is 11.3 Å². The summed E-state index contributed by atoms with van der Waals surface area (Å²) in [6, 6.07) is 12.6. The number of imidazole rings is 1. The molecule has 1 aliphatic rings. The first-order valence-electron chi connectivity index (χ1n) is 9.83. The Bertz CT molecular complexity index is 1130. The van der Waals surface area contributed by atoms with Gasteiger partial charge in [-0.1, -0.05) is 17.7 Å². The van der Waals surface area contributed by atoms with Gasteiger partial charge in [-0.25, -0.2) is 4.98 Å². The summed E-state index contributed by atoms with van der Waals surface area (Å²) in [4.78, 5) is 15.3. The third-order valence-corrected chi connectivity index (χ3v) is 6.48. The van der Waals surface area contributed by atoms with Crippen molar-refractivity contribution >= 4 is 34.0 Å². The Morgan fingerprint density at radius 2 is 2.00 bits per heavy atom. The van der Waals surface area contributed by atoms with Crippen molar-refractivity contribution in [1.82, 2.24) is 25.2 Å². The van der Waals surface area contributed by atoms with E-state index < -0.39 is 0 Å². The van der Waals surface area contributed by atoms with E-state index in [-0.39, 0.29) is 0 Å². The summed E-state index contributed by atoms with van der Waals surface area (Å²) >= 11 is 7.85. The first-order valence-corrected chi connectivity index (χ1v) is 11.1. The molecule has 7 heteroatoms. The summed E-state index contributed by atoms with van der Waals surface area (Å²) in [6.07, 6.45) is 2.60. The van der Waals surface area contributed by atoms with Crippen molar-refractivity contribution in [3.8, 4) is 11.1 Å². The first-order chi connectivity index (χ1) is 14.2. The molecule has 5 nitrogen and oxygen atoms in total. The lowest BCUT2D eigenvalue weighted by Crippen LogP contribution is -2.42. The molecule has 1 aromatic carbocycles. The summed E-state index contributed by atoms with van der Waals surface area (Å²) in [5.74, 6) is 0.931. The van der Waals surface area contributed by atoms with Crippen LogP contribution >= 0.6 is 22.9 Å². The molecule has 1 aliphatic heterocycles. The molecule has 5 rings (SSSR count). The number of halogens is 1. The Hall–Kier alpha value is -2.25. The highest BCUT2D eigenvalue weighted by Gasteiger charge is 2.12. The van der Waals surface area contributed by atoms with Crippen LogP contribution in [0.1, 0.15) is 17.1 Å². The standard InChI is InChI=1S/C22H22ClN5S/c23-22-18(4-10-29-22)16-1-2-19-20(12-16)27-21(26-19)13-17-11-15(3-5-25-17)14-28-8-6-24-7-9-28/h1-5,10-12,24H,6-9,13-14H2,(H,26,27). The molecule has 148 valence electrons. The van der Waals surface area contributed by atoms with Gasteiger partial charge in [0.25, 0.3) is 0 Å². The van der Waals surface area contributed by atoms with Gasteiger partial charge < -0.3 is 10.3 Å². The van der Waals surface area contributed by atoms with Crippen LogP contribution in [0.4, 0.5) is 0 Å². The fourth-order valence-electron chi connectivity index (χ4n) is 3.84. The molecule has 0 aliphatic carbocycles. The lowest BCUT2D eigenvalue weighted by Gasteiger charge is -2.27. The fraction of sp³-hybridized carbons (Fsp3) is 0.273. The van der Waals surface area contributed by atoms with Crippen LogP contribution in [0.3, 0.4) is 0 Å². The molecule has 0 unspecified atom stereocenters. The topological polar surface area (TPSA) is 56.8 Å². The molecule has 0 amide bonds. The molecule has 0 saturated carbocycles. The van der Waals surface area contributed by atoms with Crippen molar-refractivity contribution in [2.24, 2.45) is 0 Å². The Labute approximate surface area is 178 Å². The summed E-state index contributed by atoms with van der Waals surface area (Å²) in [6.45, 7) is 5.29. The van der Waals surface area contributed by atoms with Crippen LogP contribution in [0, 0.1) is 0 Å². The average Bonchev–Trinajstić information content (AvgIpc) is 3.33. The van der Waals surface area contributed by atoms with Crippen molar-refractivity contribution in [3.05, 3.63) is 69.4 Å². The van der Waals surface area contributed by atoms with Crippen LogP contribution in [-0.2, 0) is 13.0 Å². The van der Waals surface area contributed by atoms with Gasteiger partial charge in [0.15, 0.2) is 0 Å². The fourth-order valence-corrected chi connectivity index (χ4v) is 4.80. The predicted octanol–water partition coefficient (Wildman–Crippen LogP) is 4.34. The lowest BCUT2D eigenvalue weighted by atomic mass is 10.1. The van der Waals surface area contributed by atoms with E-state index in [2.05, 4.69) is 50.5 Å². The van der Waals surface area contributed by atoms with Crippen molar-refractivity contribution in [2.45, 2.75) is 13.0 Å². The smallest absolute Gasteiger partial charge is 0.113 e. The number of aromatic nitrogens is 3. The molecule has 0 atom stereocenters. The highest BCUT2D eigenvalue weighted by Crippen LogP contribution is 2.33. The molecular weight excluding hydrogens is 402 g/mol. The van der Waals surface area contributed by atoms with E-state index in [0.29, 0.717) is 6.42 Å². The number of pyridine rings is 1. The second-order valence-electron chi connectivity index (χ2n) is 7.38. The molecule has 3 aromatic heterocycles. The van der Waals surface area contributed by atoms with Crippen LogP contribution in [0.2, 0.25) is 4.34 Å². The van der Waals surface area contributed by atoms with E-state index in [0.717, 1.165) is 70.7 Å². The van der Waals surface area contributed by atoms with Gasteiger partial charge in [-0.05, 0) is 46.8 Å². The zero-order chi connectivity index (χ0) is 19.6.